The lowest BCUT2D eigenvalue weighted by Gasteiger charge is -2.23. The predicted octanol–water partition coefficient (Wildman–Crippen LogP) is 0.802. The number of rotatable bonds is 7. The Morgan fingerprint density at radius 3 is 2.82 bits per heavy atom. The molecule has 102 valence electrons. The number of unbranched alkanes of at least 4 members (excludes halogenated alkanes) is 1. The average molecular weight is 244 g/mol. The summed E-state index contributed by atoms with van der Waals surface area (Å²) in [5, 5.41) is 9.88. The molecule has 1 aliphatic rings. The molecule has 1 unspecified atom stereocenters. The number of ether oxygens (including phenoxy) is 1. The van der Waals surface area contributed by atoms with Crippen LogP contribution in [0.25, 0.3) is 0 Å². The van der Waals surface area contributed by atoms with Crippen LogP contribution < -0.4 is 0 Å². The van der Waals surface area contributed by atoms with E-state index >= 15 is 0 Å². The van der Waals surface area contributed by atoms with Crippen LogP contribution in [0.4, 0.5) is 0 Å². The number of β-amino-alcohol motifs (C(OH)–C–C–N with tert-alkyl or cyclic N) is 1. The van der Waals surface area contributed by atoms with Gasteiger partial charge >= 0.3 is 0 Å². The number of nitrogens with zero attached hydrogens (tertiary/aromatic N) is 2. The second-order valence-electron chi connectivity index (χ2n) is 5.04. The average Bonchev–Trinajstić information content (AvgIpc) is 2.50. The molecular weight excluding hydrogens is 216 g/mol. The van der Waals surface area contributed by atoms with E-state index < -0.39 is 0 Å². The van der Waals surface area contributed by atoms with E-state index in [1.54, 1.807) is 0 Å². The van der Waals surface area contributed by atoms with Gasteiger partial charge in [-0.05, 0) is 33.0 Å². The lowest BCUT2D eigenvalue weighted by Crippen LogP contribution is -2.37. The maximum atomic E-state index is 9.88. The maximum absolute atomic E-state index is 9.88. The number of aliphatic hydroxyl groups is 1. The zero-order chi connectivity index (χ0) is 12.5. The van der Waals surface area contributed by atoms with Crippen molar-refractivity contribution in [3.8, 4) is 0 Å². The van der Waals surface area contributed by atoms with Crippen molar-refractivity contribution in [2.45, 2.75) is 32.3 Å². The van der Waals surface area contributed by atoms with Crippen LogP contribution in [0.2, 0.25) is 0 Å². The Bertz CT molecular complexity index is 190. The van der Waals surface area contributed by atoms with Gasteiger partial charge in [0.2, 0.25) is 0 Å². The second kappa shape index (κ2) is 8.86. The molecule has 0 radical (unpaired) electrons. The molecule has 0 aromatic heterocycles. The molecule has 0 aliphatic carbocycles. The van der Waals surface area contributed by atoms with Gasteiger partial charge in [0.15, 0.2) is 0 Å². The molecule has 1 saturated heterocycles. The topological polar surface area (TPSA) is 35.9 Å². The summed E-state index contributed by atoms with van der Waals surface area (Å²) in [7, 11) is 2.16. The van der Waals surface area contributed by atoms with Crippen LogP contribution in [0.1, 0.15) is 26.2 Å². The summed E-state index contributed by atoms with van der Waals surface area (Å²) in [4.78, 5) is 4.70. The highest BCUT2D eigenvalue weighted by Gasteiger charge is 2.15. The zero-order valence-corrected chi connectivity index (χ0v) is 11.4. The molecule has 1 aliphatic heterocycles. The maximum Gasteiger partial charge on any atom is 0.0900 e. The summed E-state index contributed by atoms with van der Waals surface area (Å²) < 4.78 is 5.44. The van der Waals surface area contributed by atoms with Gasteiger partial charge in [-0.25, -0.2) is 0 Å². The highest BCUT2D eigenvalue weighted by molar-refractivity contribution is 4.70. The Kier molecular flexibility index (Phi) is 7.77. The van der Waals surface area contributed by atoms with Crippen LogP contribution in [-0.4, -0.2) is 74.0 Å². The van der Waals surface area contributed by atoms with Crippen molar-refractivity contribution in [2.75, 3.05) is 53.0 Å². The summed E-state index contributed by atoms with van der Waals surface area (Å²) in [5.74, 6) is 0. The largest absolute Gasteiger partial charge is 0.389 e. The van der Waals surface area contributed by atoms with Crippen LogP contribution in [0.5, 0.6) is 0 Å². The van der Waals surface area contributed by atoms with Crippen LogP contribution in [0.15, 0.2) is 0 Å². The van der Waals surface area contributed by atoms with Gasteiger partial charge in [-0.3, -0.25) is 4.90 Å². The highest BCUT2D eigenvalue weighted by atomic mass is 16.5. The van der Waals surface area contributed by atoms with E-state index in [4.69, 9.17) is 4.74 Å². The van der Waals surface area contributed by atoms with E-state index in [1.807, 2.05) is 0 Å². The van der Waals surface area contributed by atoms with E-state index in [1.165, 1.54) is 13.0 Å². The molecule has 1 heterocycles. The van der Waals surface area contributed by atoms with Crippen LogP contribution in [0, 0.1) is 0 Å². The van der Waals surface area contributed by atoms with Crippen molar-refractivity contribution in [1.82, 2.24) is 9.80 Å². The zero-order valence-electron chi connectivity index (χ0n) is 11.4. The van der Waals surface area contributed by atoms with Crippen LogP contribution >= 0.6 is 0 Å². The first-order valence-corrected chi connectivity index (χ1v) is 6.89. The molecule has 0 aromatic rings. The lowest BCUT2D eigenvalue weighted by molar-refractivity contribution is 0.0165. The third-order valence-corrected chi connectivity index (χ3v) is 3.23. The highest BCUT2D eigenvalue weighted by Crippen LogP contribution is 2.02. The Morgan fingerprint density at radius 2 is 2.06 bits per heavy atom. The molecule has 0 spiro atoms. The van der Waals surface area contributed by atoms with Crippen molar-refractivity contribution in [3.05, 3.63) is 0 Å². The summed E-state index contributed by atoms with van der Waals surface area (Å²) in [6, 6.07) is 0. The Morgan fingerprint density at radius 1 is 1.24 bits per heavy atom. The molecule has 0 bridgehead atoms. The third-order valence-electron chi connectivity index (χ3n) is 3.23. The molecule has 0 saturated carbocycles. The van der Waals surface area contributed by atoms with Crippen molar-refractivity contribution in [3.63, 3.8) is 0 Å². The monoisotopic (exact) mass is 244 g/mol. The van der Waals surface area contributed by atoms with E-state index in [-0.39, 0.29) is 6.10 Å². The molecule has 1 fully saturated rings. The van der Waals surface area contributed by atoms with E-state index in [0.717, 1.165) is 45.6 Å². The standard InChI is InChI=1S/C13H28N2O2/c1-3-4-10-17-12-13(16)11-15-7-5-6-14(2)8-9-15/h13,16H,3-12H2,1-2H3. The minimum atomic E-state index is -0.338. The minimum absolute atomic E-state index is 0.338. The molecular formula is C13H28N2O2. The van der Waals surface area contributed by atoms with Gasteiger partial charge in [0.05, 0.1) is 12.7 Å². The normalized spacial score (nSPS) is 21.4. The molecule has 17 heavy (non-hydrogen) atoms. The lowest BCUT2D eigenvalue weighted by atomic mass is 10.3. The van der Waals surface area contributed by atoms with Gasteiger partial charge in [0.25, 0.3) is 0 Å². The minimum Gasteiger partial charge on any atom is -0.389 e. The molecule has 4 heteroatoms. The van der Waals surface area contributed by atoms with Crippen molar-refractivity contribution in [2.24, 2.45) is 0 Å². The second-order valence-corrected chi connectivity index (χ2v) is 5.04. The van der Waals surface area contributed by atoms with Gasteiger partial charge in [0, 0.05) is 26.2 Å². The summed E-state index contributed by atoms with van der Waals surface area (Å²) in [5.41, 5.74) is 0. The molecule has 0 aromatic carbocycles. The summed E-state index contributed by atoms with van der Waals surface area (Å²) in [6.45, 7) is 8.57. The van der Waals surface area contributed by atoms with Crippen molar-refractivity contribution >= 4 is 0 Å². The fraction of sp³-hybridized carbons (Fsp3) is 1.00. The Hall–Kier alpha value is -0.160. The molecule has 0 amide bonds. The van der Waals surface area contributed by atoms with E-state index in [0.29, 0.717) is 6.61 Å². The molecule has 4 nitrogen and oxygen atoms in total. The number of hydrogen-bond acceptors (Lipinski definition) is 4. The van der Waals surface area contributed by atoms with Gasteiger partial charge in [-0.15, -0.1) is 0 Å². The quantitative estimate of drug-likeness (QED) is 0.672. The number of likely N-dealkylation sites (N-methyl/N-ethyl adjacent to an activating group) is 1. The fourth-order valence-corrected chi connectivity index (χ4v) is 2.10. The van der Waals surface area contributed by atoms with Gasteiger partial charge in [-0.2, -0.15) is 0 Å². The van der Waals surface area contributed by atoms with E-state index in [9.17, 15) is 5.11 Å². The first kappa shape index (κ1) is 14.9. The van der Waals surface area contributed by atoms with Crippen LogP contribution in [0.3, 0.4) is 0 Å². The van der Waals surface area contributed by atoms with Crippen molar-refractivity contribution in [1.29, 1.82) is 0 Å². The SMILES string of the molecule is CCCCOCC(O)CN1CCCN(C)CC1. The number of hydrogen-bond donors (Lipinski definition) is 1. The Labute approximate surface area is 106 Å². The van der Waals surface area contributed by atoms with Gasteiger partial charge in [-0.1, -0.05) is 13.3 Å². The number of aliphatic hydroxyl groups excluding tert-OH is 1. The first-order valence-electron chi connectivity index (χ1n) is 6.89. The smallest absolute Gasteiger partial charge is 0.0900 e. The van der Waals surface area contributed by atoms with Crippen molar-refractivity contribution < 1.29 is 9.84 Å². The fourth-order valence-electron chi connectivity index (χ4n) is 2.10. The summed E-state index contributed by atoms with van der Waals surface area (Å²) in [6.07, 6.45) is 3.09. The third kappa shape index (κ3) is 6.99. The van der Waals surface area contributed by atoms with Gasteiger partial charge < -0.3 is 14.7 Å². The predicted molar refractivity (Wildman–Crippen MR) is 70.3 cm³/mol. The van der Waals surface area contributed by atoms with Crippen LogP contribution in [-0.2, 0) is 4.74 Å². The molecule has 1 rings (SSSR count). The van der Waals surface area contributed by atoms with Gasteiger partial charge in [0.1, 0.15) is 0 Å². The first-order chi connectivity index (χ1) is 8.22. The summed E-state index contributed by atoms with van der Waals surface area (Å²) >= 11 is 0. The molecule has 1 atom stereocenters. The Balaban J connectivity index is 2.10. The van der Waals surface area contributed by atoms with E-state index in [2.05, 4.69) is 23.8 Å². The molecule has 1 N–H and O–H groups in total.